The third-order valence-corrected chi connectivity index (χ3v) is 6.54. The standard InChI is InChI=1S/C31H41NO8/c1-4-6-9-15-26(33)39-24-18-17-23(19-25(24)40-27(34)16-10-7-5-2)28(29(32)30(35)36)21(3)20-38-31(37)22-13-11-8-12-14-22/h8,11-14,17-19,21,28-29H,4-7,9-10,15-16,20,32H2,1-3H3,(H,35,36)/t21?,28?,29-/m0/s1. The number of carboxylic acids is 1. The Bertz CT molecular complexity index is 1120. The number of carboxylic acid groups (broad SMARTS) is 1. The SMILES string of the molecule is CCCCCC(=O)Oc1ccc(C(C(C)COC(=O)c2ccccc2)[C@H](N)C(=O)O)cc1OC(=O)CCCCC. The number of ether oxygens (including phenoxy) is 3. The fraction of sp³-hybridized carbons (Fsp3) is 0.484. The number of aliphatic carboxylic acids is 1. The number of hydrogen-bond donors (Lipinski definition) is 2. The van der Waals surface area contributed by atoms with Crippen molar-refractivity contribution < 1.29 is 38.5 Å². The number of esters is 3. The molecule has 2 unspecified atom stereocenters. The van der Waals surface area contributed by atoms with E-state index in [-0.39, 0.29) is 30.9 Å². The van der Waals surface area contributed by atoms with Gasteiger partial charge in [0.05, 0.1) is 12.2 Å². The molecule has 0 saturated heterocycles. The molecule has 40 heavy (non-hydrogen) atoms. The molecule has 2 aromatic carbocycles. The number of nitrogens with two attached hydrogens (primary N) is 1. The maximum Gasteiger partial charge on any atom is 0.338 e. The van der Waals surface area contributed by atoms with Gasteiger partial charge in [-0.1, -0.05) is 70.7 Å². The van der Waals surface area contributed by atoms with E-state index >= 15 is 0 Å². The Labute approximate surface area is 236 Å². The van der Waals surface area contributed by atoms with Crippen molar-refractivity contribution in [2.75, 3.05) is 6.61 Å². The van der Waals surface area contributed by atoms with Crippen LogP contribution in [0.3, 0.4) is 0 Å². The molecule has 0 radical (unpaired) electrons. The summed E-state index contributed by atoms with van der Waals surface area (Å²) in [6.45, 7) is 5.68. The van der Waals surface area contributed by atoms with Crippen LogP contribution in [0.5, 0.6) is 11.5 Å². The second-order valence-electron chi connectivity index (χ2n) is 9.90. The minimum Gasteiger partial charge on any atom is -0.480 e. The summed E-state index contributed by atoms with van der Waals surface area (Å²) < 4.78 is 16.6. The normalized spacial score (nSPS) is 13.1. The van der Waals surface area contributed by atoms with Crippen LogP contribution in [-0.4, -0.2) is 41.6 Å². The zero-order valence-corrected chi connectivity index (χ0v) is 23.6. The number of hydrogen-bond acceptors (Lipinski definition) is 8. The van der Waals surface area contributed by atoms with Crippen LogP contribution in [0.15, 0.2) is 48.5 Å². The summed E-state index contributed by atoms with van der Waals surface area (Å²) in [5.41, 5.74) is 6.91. The summed E-state index contributed by atoms with van der Waals surface area (Å²) >= 11 is 0. The molecular weight excluding hydrogens is 514 g/mol. The lowest BCUT2D eigenvalue weighted by Crippen LogP contribution is -2.40. The highest BCUT2D eigenvalue weighted by molar-refractivity contribution is 5.89. The molecule has 0 aliphatic carbocycles. The van der Waals surface area contributed by atoms with E-state index in [4.69, 9.17) is 19.9 Å². The van der Waals surface area contributed by atoms with Crippen LogP contribution in [0, 0.1) is 5.92 Å². The maximum absolute atomic E-state index is 12.6. The van der Waals surface area contributed by atoms with E-state index in [9.17, 15) is 24.3 Å². The van der Waals surface area contributed by atoms with Gasteiger partial charge in [-0.3, -0.25) is 14.4 Å². The molecule has 0 saturated carbocycles. The topological polar surface area (TPSA) is 142 Å². The van der Waals surface area contributed by atoms with Gasteiger partial charge in [-0.05, 0) is 48.6 Å². The first-order chi connectivity index (χ1) is 19.2. The first-order valence-corrected chi connectivity index (χ1v) is 13.9. The fourth-order valence-electron chi connectivity index (χ4n) is 4.29. The van der Waals surface area contributed by atoms with E-state index in [0.29, 0.717) is 24.0 Å². The van der Waals surface area contributed by atoms with Crippen LogP contribution in [0.4, 0.5) is 0 Å². The second kappa shape index (κ2) is 17.1. The molecule has 3 atom stereocenters. The van der Waals surface area contributed by atoms with Crippen molar-refractivity contribution in [3.05, 3.63) is 59.7 Å². The van der Waals surface area contributed by atoms with E-state index < -0.39 is 41.8 Å². The van der Waals surface area contributed by atoms with Gasteiger partial charge < -0.3 is 25.1 Å². The predicted molar refractivity (Wildman–Crippen MR) is 150 cm³/mol. The molecule has 9 nitrogen and oxygen atoms in total. The summed E-state index contributed by atoms with van der Waals surface area (Å²) in [7, 11) is 0. The number of unbranched alkanes of at least 4 members (excludes halogenated alkanes) is 4. The molecule has 2 aromatic rings. The van der Waals surface area contributed by atoms with E-state index in [2.05, 4.69) is 0 Å². The number of carbonyl (C=O) groups is 4. The zero-order chi connectivity index (χ0) is 29.5. The van der Waals surface area contributed by atoms with Crippen LogP contribution in [-0.2, 0) is 19.1 Å². The quantitative estimate of drug-likeness (QED) is 0.144. The largest absolute Gasteiger partial charge is 0.480 e. The van der Waals surface area contributed by atoms with E-state index in [1.165, 1.54) is 12.1 Å². The average Bonchev–Trinajstić information content (AvgIpc) is 2.93. The highest BCUT2D eigenvalue weighted by Gasteiger charge is 2.33. The van der Waals surface area contributed by atoms with Crippen LogP contribution in [0.25, 0.3) is 0 Å². The Balaban J connectivity index is 2.33. The first kappa shape index (κ1) is 32.5. The third kappa shape index (κ3) is 10.4. The van der Waals surface area contributed by atoms with Gasteiger partial charge in [0.15, 0.2) is 11.5 Å². The van der Waals surface area contributed by atoms with Crippen LogP contribution in [0.2, 0.25) is 0 Å². The molecule has 9 heteroatoms. The van der Waals surface area contributed by atoms with Gasteiger partial charge in [0.1, 0.15) is 6.04 Å². The van der Waals surface area contributed by atoms with Gasteiger partial charge in [0.25, 0.3) is 0 Å². The van der Waals surface area contributed by atoms with Crippen molar-refractivity contribution >= 4 is 23.9 Å². The minimum absolute atomic E-state index is 0.0129. The molecule has 0 aliphatic heterocycles. The number of benzene rings is 2. The molecule has 3 N–H and O–H groups in total. The van der Waals surface area contributed by atoms with Gasteiger partial charge in [0, 0.05) is 18.8 Å². The lowest BCUT2D eigenvalue weighted by atomic mass is 9.82. The van der Waals surface area contributed by atoms with Gasteiger partial charge in [-0.15, -0.1) is 0 Å². The Morgan fingerprint density at radius 1 is 0.825 bits per heavy atom. The predicted octanol–water partition coefficient (Wildman–Crippen LogP) is 5.65. The Hall–Kier alpha value is -3.72. The molecule has 218 valence electrons. The smallest absolute Gasteiger partial charge is 0.338 e. The van der Waals surface area contributed by atoms with Crippen LogP contribution < -0.4 is 15.2 Å². The molecule has 2 rings (SSSR count). The maximum atomic E-state index is 12.6. The summed E-state index contributed by atoms with van der Waals surface area (Å²) in [4.78, 5) is 49.4. The lowest BCUT2D eigenvalue weighted by Gasteiger charge is -2.28. The molecule has 0 aliphatic rings. The second-order valence-corrected chi connectivity index (χ2v) is 9.90. The molecule has 0 bridgehead atoms. The zero-order valence-electron chi connectivity index (χ0n) is 23.6. The van der Waals surface area contributed by atoms with E-state index in [0.717, 1.165) is 25.7 Å². The van der Waals surface area contributed by atoms with Crippen LogP contribution in [0.1, 0.15) is 94.0 Å². The highest BCUT2D eigenvalue weighted by Crippen LogP contribution is 2.36. The third-order valence-electron chi connectivity index (χ3n) is 6.54. The van der Waals surface area contributed by atoms with Gasteiger partial charge in [0.2, 0.25) is 0 Å². The molecule has 0 fully saturated rings. The Kier molecular flexibility index (Phi) is 13.9. The van der Waals surface area contributed by atoms with Crippen molar-refractivity contribution in [3.8, 4) is 11.5 Å². The van der Waals surface area contributed by atoms with Crippen molar-refractivity contribution in [1.29, 1.82) is 0 Å². The van der Waals surface area contributed by atoms with E-state index in [1.807, 2.05) is 13.8 Å². The first-order valence-electron chi connectivity index (χ1n) is 13.9. The monoisotopic (exact) mass is 555 g/mol. The molecule has 0 spiro atoms. The Morgan fingerprint density at radius 3 is 1.95 bits per heavy atom. The molecule has 0 aromatic heterocycles. The minimum atomic E-state index is -1.35. The van der Waals surface area contributed by atoms with Gasteiger partial charge >= 0.3 is 23.9 Å². The summed E-state index contributed by atoms with van der Waals surface area (Å²) in [6, 6.07) is 11.7. The summed E-state index contributed by atoms with van der Waals surface area (Å²) in [6.07, 6.45) is 5.36. The van der Waals surface area contributed by atoms with Crippen molar-refractivity contribution in [3.63, 3.8) is 0 Å². The Morgan fingerprint density at radius 2 is 1.40 bits per heavy atom. The molecule has 0 heterocycles. The summed E-state index contributed by atoms with van der Waals surface area (Å²) in [5.74, 6) is -3.97. The number of rotatable bonds is 17. The lowest BCUT2D eigenvalue weighted by molar-refractivity contribution is -0.139. The van der Waals surface area contributed by atoms with Gasteiger partial charge in [-0.2, -0.15) is 0 Å². The van der Waals surface area contributed by atoms with Gasteiger partial charge in [-0.25, -0.2) is 4.79 Å². The van der Waals surface area contributed by atoms with Crippen molar-refractivity contribution in [2.45, 2.75) is 84.1 Å². The van der Waals surface area contributed by atoms with Crippen LogP contribution >= 0.6 is 0 Å². The fourth-order valence-corrected chi connectivity index (χ4v) is 4.29. The average molecular weight is 556 g/mol. The summed E-state index contributed by atoms with van der Waals surface area (Å²) in [5, 5.41) is 9.74. The van der Waals surface area contributed by atoms with E-state index in [1.54, 1.807) is 43.3 Å². The highest BCUT2D eigenvalue weighted by atomic mass is 16.6. The molecule has 0 amide bonds. The number of carbonyl (C=O) groups excluding carboxylic acids is 3. The van der Waals surface area contributed by atoms with Crippen molar-refractivity contribution in [1.82, 2.24) is 0 Å². The molecular formula is C31H41NO8. The van der Waals surface area contributed by atoms with Crippen molar-refractivity contribution in [2.24, 2.45) is 11.7 Å².